The van der Waals surface area contributed by atoms with Crippen molar-refractivity contribution in [2.75, 3.05) is 5.73 Å². The molecule has 1 heterocycles. The maximum absolute atomic E-state index is 11.1. The van der Waals surface area contributed by atoms with E-state index >= 15 is 0 Å². The second-order valence-corrected chi connectivity index (χ2v) is 2.51. The number of carbonyl (C=O) groups excluding carboxylic acids is 1. The molecule has 0 saturated carbocycles. The van der Waals surface area contributed by atoms with Gasteiger partial charge in [-0.3, -0.25) is 9.78 Å². The number of nitrogens with zero attached hydrogens (tertiary/aromatic N) is 1. The van der Waals surface area contributed by atoms with E-state index in [1.165, 1.54) is 19.2 Å². The second kappa shape index (κ2) is 3.32. The van der Waals surface area contributed by atoms with E-state index in [4.69, 9.17) is 10.8 Å². The molecule has 0 amide bonds. The van der Waals surface area contributed by atoms with Crippen LogP contribution in [0.5, 0.6) is 0 Å². The Morgan fingerprint density at radius 3 is 2.92 bits per heavy atom. The first-order chi connectivity index (χ1) is 5.61. The van der Waals surface area contributed by atoms with Gasteiger partial charge in [0.15, 0.2) is 0 Å². The fraction of sp³-hybridized carbons (Fsp3) is 0.250. The summed E-state index contributed by atoms with van der Waals surface area (Å²) in [5.41, 5.74) is 6.09. The lowest BCUT2D eigenvalue weighted by molar-refractivity contribution is 0.0774. The number of nitrogens with two attached hydrogens (primary N) is 1. The van der Waals surface area contributed by atoms with Gasteiger partial charge in [-0.1, -0.05) is 0 Å². The summed E-state index contributed by atoms with van der Waals surface area (Å²) in [6, 6.07) is 3.02. The summed E-state index contributed by atoms with van der Waals surface area (Å²) >= 11 is 0. The lowest BCUT2D eigenvalue weighted by Gasteiger charge is -2.02. The molecule has 1 rings (SSSR count). The van der Waals surface area contributed by atoms with Crippen LogP contribution in [0.15, 0.2) is 18.3 Å². The van der Waals surface area contributed by atoms with Gasteiger partial charge in [-0.2, -0.15) is 0 Å². The van der Waals surface area contributed by atoms with Crippen LogP contribution in [-0.4, -0.2) is 22.0 Å². The van der Waals surface area contributed by atoms with Crippen molar-refractivity contribution in [3.63, 3.8) is 0 Å². The largest absolute Gasteiger partial charge is 0.399 e. The Labute approximate surface area is 70.0 Å². The number of pyridine rings is 1. The fourth-order valence-electron chi connectivity index (χ4n) is 0.796. The average molecular weight is 166 g/mol. The summed E-state index contributed by atoms with van der Waals surface area (Å²) in [6.45, 7) is 1.40. The third-order valence-corrected chi connectivity index (χ3v) is 1.42. The zero-order valence-corrected chi connectivity index (χ0v) is 6.69. The van der Waals surface area contributed by atoms with Gasteiger partial charge in [0.1, 0.15) is 11.8 Å². The Kier molecular flexibility index (Phi) is 2.40. The number of hydrogen-bond acceptors (Lipinski definition) is 4. The van der Waals surface area contributed by atoms with Crippen LogP contribution in [0.2, 0.25) is 0 Å². The Morgan fingerprint density at radius 1 is 1.75 bits per heavy atom. The lowest BCUT2D eigenvalue weighted by atomic mass is 10.2. The number of rotatable bonds is 2. The molecule has 4 heteroatoms. The Bertz CT molecular complexity index is 297. The molecule has 1 aromatic heterocycles. The molecule has 0 bridgehead atoms. The van der Waals surface area contributed by atoms with E-state index in [1.54, 1.807) is 6.07 Å². The number of nitrogen functional groups attached to an aromatic ring is 1. The first kappa shape index (κ1) is 8.67. The molecule has 0 aliphatic rings. The standard InChI is InChI=1S/C8H10N2O2/c1-5(11)8(12)7-4-6(9)2-3-10-7/h2-5,11H,1H3,(H2,9,10). The molecule has 0 radical (unpaired) electrons. The van der Waals surface area contributed by atoms with Crippen molar-refractivity contribution in [2.24, 2.45) is 0 Å². The monoisotopic (exact) mass is 166 g/mol. The molecule has 4 nitrogen and oxygen atoms in total. The quantitative estimate of drug-likeness (QED) is 0.616. The molecule has 0 fully saturated rings. The minimum Gasteiger partial charge on any atom is -0.399 e. The summed E-state index contributed by atoms with van der Waals surface area (Å²) in [4.78, 5) is 14.9. The van der Waals surface area contributed by atoms with Gasteiger partial charge in [0.2, 0.25) is 5.78 Å². The lowest BCUT2D eigenvalue weighted by Crippen LogP contribution is -2.17. The average Bonchev–Trinajstić information content (AvgIpc) is 2.03. The first-order valence-corrected chi connectivity index (χ1v) is 3.55. The van der Waals surface area contributed by atoms with E-state index in [2.05, 4.69) is 4.98 Å². The number of aliphatic hydroxyl groups is 1. The van der Waals surface area contributed by atoms with Gasteiger partial charge in [-0.15, -0.1) is 0 Å². The minimum absolute atomic E-state index is 0.199. The number of aromatic nitrogens is 1. The first-order valence-electron chi connectivity index (χ1n) is 3.55. The van der Waals surface area contributed by atoms with E-state index in [1.807, 2.05) is 0 Å². The molecular weight excluding hydrogens is 156 g/mol. The second-order valence-electron chi connectivity index (χ2n) is 2.51. The molecule has 0 saturated heterocycles. The Balaban J connectivity index is 2.96. The third kappa shape index (κ3) is 1.79. The normalized spacial score (nSPS) is 12.5. The van der Waals surface area contributed by atoms with Gasteiger partial charge in [-0.25, -0.2) is 0 Å². The van der Waals surface area contributed by atoms with Gasteiger partial charge in [0, 0.05) is 11.9 Å². The van der Waals surface area contributed by atoms with Gasteiger partial charge in [-0.05, 0) is 19.1 Å². The van der Waals surface area contributed by atoms with Crippen molar-refractivity contribution in [1.29, 1.82) is 0 Å². The van der Waals surface area contributed by atoms with Crippen LogP contribution < -0.4 is 5.73 Å². The number of ketones is 1. The van der Waals surface area contributed by atoms with Crippen LogP contribution in [0, 0.1) is 0 Å². The van der Waals surface area contributed by atoms with Gasteiger partial charge in [0.05, 0.1) is 0 Å². The van der Waals surface area contributed by atoms with Crippen LogP contribution in [0.4, 0.5) is 5.69 Å². The molecule has 0 spiro atoms. The van der Waals surface area contributed by atoms with Crippen LogP contribution >= 0.6 is 0 Å². The van der Waals surface area contributed by atoms with E-state index in [-0.39, 0.29) is 5.69 Å². The summed E-state index contributed by atoms with van der Waals surface area (Å²) in [5, 5.41) is 8.93. The summed E-state index contributed by atoms with van der Waals surface area (Å²) in [5.74, 6) is -0.415. The van der Waals surface area contributed by atoms with Gasteiger partial charge >= 0.3 is 0 Å². The maximum atomic E-state index is 11.1. The maximum Gasteiger partial charge on any atom is 0.209 e. The third-order valence-electron chi connectivity index (χ3n) is 1.42. The predicted octanol–water partition coefficient (Wildman–Crippen LogP) is 0.227. The highest BCUT2D eigenvalue weighted by Crippen LogP contribution is 2.05. The van der Waals surface area contributed by atoms with Crippen molar-refractivity contribution in [3.05, 3.63) is 24.0 Å². The van der Waals surface area contributed by atoms with Gasteiger partial charge in [0.25, 0.3) is 0 Å². The van der Waals surface area contributed by atoms with Gasteiger partial charge < -0.3 is 10.8 Å². The SMILES string of the molecule is CC(O)C(=O)c1cc(N)ccn1. The van der Waals surface area contributed by atoms with Crippen LogP contribution in [0.1, 0.15) is 17.4 Å². The van der Waals surface area contributed by atoms with E-state index in [9.17, 15) is 4.79 Å². The highest BCUT2D eigenvalue weighted by molar-refractivity contribution is 5.97. The number of Topliss-reactive ketones (excluding diaryl/α,β-unsaturated/α-hetero) is 1. The number of aliphatic hydroxyl groups excluding tert-OH is 1. The van der Waals surface area contributed by atoms with E-state index < -0.39 is 11.9 Å². The van der Waals surface area contributed by atoms with Crippen LogP contribution in [-0.2, 0) is 0 Å². The zero-order valence-electron chi connectivity index (χ0n) is 6.69. The molecule has 1 atom stereocenters. The predicted molar refractivity (Wildman–Crippen MR) is 44.7 cm³/mol. The van der Waals surface area contributed by atoms with E-state index in [0.717, 1.165) is 0 Å². The Hall–Kier alpha value is -1.42. The van der Waals surface area contributed by atoms with Crippen molar-refractivity contribution in [1.82, 2.24) is 4.98 Å². The number of anilines is 1. The van der Waals surface area contributed by atoms with Crippen molar-refractivity contribution < 1.29 is 9.90 Å². The molecule has 64 valence electrons. The van der Waals surface area contributed by atoms with Crippen LogP contribution in [0.25, 0.3) is 0 Å². The van der Waals surface area contributed by atoms with Crippen molar-refractivity contribution >= 4 is 11.5 Å². The molecule has 0 aliphatic heterocycles. The number of carbonyl (C=O) groups is 1. The highest BCUT2D eigenvalue weighted by atomic mass is 16.3. The van der Waals surface area contributed by atoms with Crippen LogP contribution in [0.3, 0.4) is 0 Å². The van der Waals surface area contributed by atoms with E-state index in [0.29, 0.717) is 5.69 Å². The van der Waals surface area contributed by atoms with Crippen molar-refractivity contribution in [3.8, 4) is 0 Å². The molecule has 0 aliphatic carbocycles. The van der Waals surface area contributed by atoms with Crippen molar-refractivity contribution in [2.45, 2.75) is 13.0 Å². The summed E-state index contributed by atoms with van der Waals surface area (Å²) in [6.07, 6.45) is 0.407. The Morgan fingerprint density at radius 2 is 2.42 bits per heavy atom. The summed E-state index contributed by atoms with van der Waals surface area (Å²) in [7, 11) is 0. The zero-order chi connectivity index (χ0) is 9.14. The minimum atomic E-state index is -1.03. The molecule has 3 N–H and O–H groups in total. The molecule has 1 unspecified atom stereocenters. The molecular formula is C8H10N2O2. The smallest absolute Gasteiger partial charge is 0.209 e. The highest BCUT2D eigenvalue weighted by Gasteiger charge is 2.12. The fourth-order valence-corrected chi connectivity index (χ4v) is 0.796. The summed E-state index contributed by atoms with van der Waals surface area (Å²) < 4.78 is 0. The molecule has 0 aromatic carbocycles. The topological polar surface area (TPSA) is 76.2 Å². The molecule has 12 heavy (non-hydrogen) atoms. The molecule has 1 aromatic rings. The number of hydrogen-bond donors (Lipinski definition) is 2.